The molecular formula is C16H22N4O2S. The van der Waals surface area contributed by atoms with Crippen molar-refractivity contribution >= 4 is 17.7 Å². The normalized spacial score (nSPS) is 10.8. The Bertz CT molecular complexity index is 640. The molecule has 0 N–H and O–H groups in total. The first-order chi connectivity index (χ1) is 11.0. The maximum atomic E-state index is 12.1. The molecule has 2 rings (SSSR count). The van der Waals surface area contributed by atoms with Gasteiger partial charge in [-0.15, -0.1) is 10.2 Å². The fraction of sp³-hybridized carbons (Fsp3) is 0.438. The SMILES string of the molecule is COc1ccc(-n2cnnc2SCC(=O)N(C)CC(C)C)cc1. The van der Waals surface area contributed by atoms with Crippen molar-refractivity contribution in [3.05, 3.63) is 30.6 Å². The lowest BCUT2D eigenvalue weighted by Gasteiger charge is -2.19. The monoisotopic (exact) mass is 334 g/mol. The van der Waals surface area contributed by atoms with Gasteiger partial charge in [-0.25, -0.2) is 0 Å². The highest BCUT2D eigenvalue weighted by Gasteiger charge is 2.14. The van der Waals surface area contributed by atoms with E-state index < -0.39 is 0 Å². The number of benzene rings is 1. The number of hydrogen-bond donors (Lipinski definition) is 0. The van der Waals surface area contributed by atoms with Crippen molar-refractivity contribution in [1.29, 1.82) is 0 Å². The lowest BCUT2D eigenvalue weighted by Crippen LogP contribution is -2.31. The van der Waals surface area contributed by atoms with Crippen molar-refractivity contribution in [2.45, 2.75) is 19.0 Å². The summed E-state index contributed by atoms with van der Waals surface area (Å²) in [5.74, 6) is 1.68. The molecule has 0 unspecified atom stereocenters. The maximum Gasteiger partial charge on any atom is 0.232 e. The van der Waals surface area contributed by atoms with Crippen LogP contribution in [-0.4, -0.2) is 52.0 Å². The Kier molecular flexibility index (Phi) is 6.04. The van der Waals surface area contributed by atoms with Crippen LogP contribution in [0.25, 0.3) is 5.69 Å². The van der Waals surface area contributed by atoms with Gasteiger partial charge in [0.1, 0.15) is 12.1 Å². The second-order valence-electron chi connectivity index (χ2n) is 5.64. The van der Waals surface area contributed by atoms with Gasteiger partial charge in [-0.05, 0) is 30.2 Å². The zero-order chi connectivity index (χ0) is 16.8. The molecule has 2 aromatic rings. The molecule has 1 amide bonds. The first-order valence-corrected chi connectivity index (χ1v) is 8.41. The van der Waals surface area contributed by atoms with Gasteiger partial charge in [0.25, 0.3) is 0 Å². The molecular weight excluding hydrogens is 312 g/mol. The van der Waals surface area contributed by atoms with E-state index in [1.165, 1.54) is 11.8 Å². The average molecular weight is 334 g/mol. The molecule has 0 aliphatic heterocycles. The van der Waals surface area contributed by atoms with Crippen molar-refractivity contribution in [3.63, 3.8) is 0 Å². The molecule has 124 valence electrons. The molecule has 23 heavy (non-hydrogen) atoms. The number of carbonyl (C=O) groups is 1. The Balaban J connectivity index is 2.02. The molecule has 0 bridgehead atoms. The van der Waals surface area contributed by atoms with E-state index in [0.717, 1.165) is 18.0 Å². The molecule has 0 aliphatic rings. The van der Waals surface area contributed by atoms with Crippen LogP contribution in [0, 0.1) is 5.92 Å². The first kappa shape index (κ1) is 17.3. The van der Waals surface area contributed by atoms with Crippen LogP contribution in [0.3, 0.4) is 0 Å². The van der Waals surface area contributed by atoms with Gasteiger partial charge in [0.05, 0.1) is 12.9 Å². The third-order valence-corrected chi connectivity index (χ3v) is 4.18. The quantitative estimate of drug-likeness (QED) is 0.728. The van der Waals surface area contributed by atoms with Crippen molar-refractivity contribution < 1.29 is 9.53 Å². The topological polar surface area (TPSA) is 60.2 Å². The van der Waals surface area contributed by atoms with Crippen LogP contribution in [0.2, 0.25) is 0 Å². The Morgan fingerprint density at radius 1 is 1.35 bits per heavy atom. The minimum atomic E-state index is 0.0907. The van der Waals surface area contributed by atoms with E-state index in [4.69, 9.17) is 4.74 Å². The first-order valence-electron chi connectivity index (χ1n) is 7.42. The van der Waals surface area contributed by atoms with Crippen LogP contribution in [0.4, 0.5) is 0 Å². The third-order valence-electron chi connectivity index (χ3n) is 3.26. The molecule has 1 aromatic heterocycles. The van der Waals surface area contributed by atoms with Gasteiger partial charge in [0, 0.05) is 19.3 Å². The van der Waals surface area contributed by atoms with Crippen LogP contribution in [-0.2, 0) is 4.79 Å². The summed E-state index contributed by atoms with van der Waals surface area (Å²) in [5, 5.41) is 8.75. The predicted molar refractivity (Wildman–Crippen MR) is 91.1 cm³/mol. The van der Waals surface area contributed by atoms with Crippen LogP contribution < -0.4 is 4.74 Å². The van der Waals surface area contributed by atoms with E-state index in [9.17, 15) is 4.79 Å². The minimum absolute atomic E-state index is 0.0907. The fourth-order valence-electron chi connectivity index (χ4n) is 2.13. The fourth-order valence-corrected chi connectivity index (χ4v) is 3.00. The summed E-state index contributed by atoms with van der Waals surface area (Å²) in [4.78, 5) is 13.9. The summed E-state index contributed by atoms with van der Waals surface area (Å²) >= 11 is 1.39. The van der Waals surface area contributed by atoms with Crippen LogP contribution >= 0.6 is 11.8 Å². The van der Waals surface area contributed by atoms with Crippen LogP contribution in [0.1, 0.15) is 13.8 Å². The van der Waals surface area contributed by atoms with Gasteiger partial charge in [-0.1, -0.05) is 25.6 Å². The van der Waals surface area contributed by atoms with Crippen LogP contribution in [0.5, 0.6) is 5.75 Å². The van der Waals surface area contributed by atoms with Gasteiger partial charge in [0.2, 0.25) is 5.91 Å². The Morgan fingerprint density at radius 3 is 2.65 bits per heavy atom. The van der Waals surface area contributed by atoms with Gasteiger partial charge in [-0.2, -0.15) is 0 Å². The molecule has 7 heteroatoms. The molecule has 1 aromatic carbocycles. The van der Waals surface area contributed by atoms with E-state index in [2.05, 4.69) is 24.0 Å². The van der Waals surface area contributed by atoms with Gasteiger partial charge in [0.15, 0.2) is 5.16 Å². The third kappa shape index (κ3) is 4.72. The summed E-state index contributed by atoms with van der Waals surface area (Å²) in [6.07, 6.45) is 1.65. The maximum absolute atomic E-state index is 12.1. The zero-order valence-electron chi connectivity index (χ0n) is 13.9. The molecule has 0 aliphatic carbocycles. The summed E-state index contributed by atoms with van der Waals surface area (Å²) in [6, 6.07) is 7.62. The predicted octanol–water partition coefficient (Wildman–Crippen LogP) is 2.48. The van der Waals surface area contributed by atoms with Crippen molar-refractivity contribution in [3.8, 4) is 11.4 Å². The van der Waals surface area contributed by atoms with Crippen molar-refractivity contribution in [2.75, 3.05) is 26.5 Å². The summed E-state index contributed by atoms with van der Waals surface area (Å²) in [7, 11) is 3.46. The molecule has 0 saturated heterocycles. The second kappa shape index (κ2) is 8.01. The summed E-state index contributed by atoms with van der Waals surface area (Å²) in [5.41, 5.74) is 0.932. The molecule has 0 fully saturated rings. The van der Waals surface area contributed by atoms with E-state index >= 15 is 0 Å². The Hall–Kier alpha value is -2.02. The largest absolute Gasteiger partial charge is 0.497 e. The van der Waals surface area contributed by atoms with Gasteiger partial charge in [-0.3, -0.25) is 9.36 Å². The zero-order valence-corrected chi connectivity index (χ0v) is 14.7. The number of nitrogens with zero attached hydrogens (tertiary/aromatic N) is 4. The molecule has 0 spiro atoms. The number of amides is 1. The summed E-state index contributed by atoms with van der Waals surface area (Å²) in [6.45, 7) is 4.94. The Labute approximate surface area is 140 Å². The lowest BCUT2D eigenvalue weighted by atomic mass is 10.2. The highest BCUT2D eigenvalue weighted by Crippen LogP contribution is 2.21. The van der Waals surface area contributed by atoms with Crippen molar-refractivity contribution in [1.82, 2.24) is 19.7 Å². The smallest absolute Gasteiger partial charge is 0.232 e. The highest BCUT2D eigenvalue weighted by molar-refractivity contribution is 7.99. The molecule has 0 saturated carbocycles. The van der Waals surface area contributed by atoms with Crippen molar-refractivity contribution in [2.24, 2.45) is 5.92 Å². The summed E-state index contributed by atoms with van der Waals surface area (Å²) < 4.78 is 7.02. The number of thioether (sulfide) groups is 1. The Morgan fingerprint density at radius 2 is 2.04 bits per heavy atom. The molecule has 1 heterocycles. The molecule has 0 radical (unpaired) electrons. The number of aromatic nitrogens is 3. The molecule has 6 nitrogen and oxygen atoms in total. The van der Waals surface area contributed by atoms with E-state index in [-0.39, 0.29) is 5.91 Å². The average Bonchev–Trinajstić information content (AvgIpc) is 3.00. The molecule has 0 atom stereocenters. The standard InChI is InChI=1S/C16H22N4O2S/c1-12(2)9-19(3)15(21)10-23-16-18-17-11-20(16)13-5-7-14(22-4)8-6-13/h5-8,11-12H,9-10H2,1-4H3. The van der Waals surface area contributed by atoms with Gasteiger partial charge < -0.3 is 9.64 Å². The minimum Gasteiger partial charge on any atom is -0.497 e. The number of hydrogen-bond acceptors (Lipinski definition) is 5. The number of rotatable bonds is 7. The highest BCUT2D eigenvalue weighted by atomic mass is 32.2. The number of methoxy groups -OCH3 is 1. The van der Waals surface area contributed by atoms with E-state index in [0.29, 0.717) is 16.8 Å². The lowest BCUT2D eigenvalue weighted by molar-refractivity contribution is -0.127. The van der Waals surface area contributed by atoms with Crippen LogP contribution in [0.15, 0.2) is 35.7 Å². The second-order valence-corrected chi connectivity index (χ2v) is 6.58. The number of carbonyl (C=O) groups excluding carboxylic acids is 1. The van der Waals surface area contributed by atoms with E-state index in [1.807, 2.05) is 35.9 Å². The van der Waals surface area contributed by atoms with E-state index in [1.54, 1.807) is 18.3 Å². The number of ether oxygens (including phenoxy) is 1. The van der Waals surface area contributed by atoms with Gasteiger partial charge >= 0.3 is 0 Å².